The van der Waals surface area contributed by atoms with Crippen molar-refractivity contribution in [3.8, 4) is 11.3 Å². The topological polar surface area (TPSA) is 26.0 Å². The fourth-order valence-corrected chi connectivity index (χ4v) is 4.34. The maximum absolute atomic E-state index is 14.9. The molecule has 0 unspecified atom stereocenters. The molecule has 5 rings (SSSR count). The number of hydrogen-bond donors (Lipinski definition) is 0. The third-order valence-corrected chi connectivity index (χ3v) is 5.94. The minimum absolute atomic E-state index is 0.215. The predicted octanol–water partition coefficient (Wildman–Crippen LogP) is 8.19. The second-order valence-corrected chi connectivity index (χ2v) is 8.58. The molecule has 0 N–H and O–H groups in total. The number of benzene rings is 3. The van der Waals surface area contributed by atoms with Gasteiger partial charge < -0.3 is 4.42 Å². The Bertz CT molecular complexity index is 1410. The van der Waals surface area contributed by atoms with E-state index in [1.54, 1.807) is 0 Å². The van der Waals surface area contributed by atoms with Gasteiger partial charge in [-0.25, -0.2) is 4.39 Å². The van der Waals surface area contributed by atoms with Gasteiger partial charge in [-0.2, -0.15) is 0 Å². The molecule has 30 heavy (non-hydrogen) atoms. The monoisotopic (exact) mass is 397 g/mol. The Kier molecular flexibility index (Phi) is 4.35. The minimum atomic E-state index is -0.279. The van der Waals surface area contributed by atoms with Crippen molar-refractivity contribution in [2.24, 2.45) is 0 Å². The van der Waals surface area contributed by atoms with E-state index in [9.17, 15) is 4.39 Å². The number of hydrogen-bond acceptors (Lipinski definition) is 2. The van der Waals surface area contributed by atoms with E-state index in [1.807, 2.05) is 36.4 Å². The van der Waals surface area contributed by atoms with Crippen LogP contribution in [0.2, 0.25) is 0 Å². The Labute approximate surface area is 175 Å². The Balaban J connectivity index is 1.93. The maximum Gasteiger partial charge on any atom is 0.149 e. The van der Waals surface area contributed by atoms with Crippen LogP contribution < -0.4 is 0 Å². The molecule has 2 aromatic heterocycles. The molecular weight excluding hydrogens is 373 g/mol. The summed E-state index contributed by atoms with van der Waals surface area (Å²) in [6.45, 7) is 8.54. The maximum atomic E-state index is 14.9. The lowest BCUT2D eigenvalue weighted by Gasteiger charge is -2.15. The standard InChI is InChI=1S/C27H24FNO/c1-15(2)17-12-21-19-8-5-6-11-24(19)30-27(21)22(13-17)26-20-10-7-9-18(16(3)4)25(20)23(28)14-29-26/h5-16H,1-4H3. The quantitative estimate of drug-likeness (QED) is 0.307. The van der Waals surface area contributed by atoms with Crippen LogP contribution in [0.3, 0.4) is 0 Å². The average molecular weight is 397 g/mol. The van der Waals surface area contributed by atoms with Crippen molar-refractivity contribution in [2.45, 2.75) is 39.5 Å². The Morgan fingerprint density at radius 1 is 0.833 bits per heavy atom. The van der Waals surface area contributed by atoms with Gasteiger partial charge in [0, 0.05) is 27.1 Å². The van der Waals surface area contributed by atoms with Gasteiger partial charge in [0.25, 0.3) is 0 Å². The lowest BCUT2D eigenvalue weighted by molar-refractivity contribution is 0.632. The second-order valence-electron chi connectivity index (χ2n) is 8.58. The zero-order chi connectivity index (χ0) is 21.0. The number of rotatable bonds is 3. The highest BCUT2D eigenvalue weighted by atomic mass is 19.1. The summed E-state index contributed by atoms with van der Waals surface area (Å²) in [4.78, 5) is 4.56. The molecule has 5 aromatic rings. The normalized spacial score (nSPS) is 12.1. The fraction of sp³-hybridized carbons (Fsp3) is 0.222. The highest BCUT2D eigenvalue weighted by molar-refractivity contribution is 6.12. The third kappa shape index (κ3) is 2.80. The summed E-state index contributed by atoms with van der Waals surface area (Å²) < 4.78 is 21.2. The summed E-state index contributed by atoms with van der Waals surface area (Å²) in [5.41, 5.74) is 5.54. The van der Waals surface area contributed by atoms with Gasteiger partial charge in [-0.1, -0.05) is 64.1 Å². The van der Waals surface area contributed by atoms with Crippen molar-refractivity contribution >= 4 is 32.7 Å². The average Bonchev–Trinajstić information content (AvgIpc) is 3.12. The van der Waals surface area contributed by atoms with Crippen LogP contribution >= 0.6 is 0 Å². The van der Waals surface area contributed by atoms with Gasteiger partial charge >= 0.3 is 0 Å². The highest BCUT2D eigenvalue weighted by Gasteiger charge is 2.20. The van der Waals surface area contributed by atoms with Crippen LogP contribution in [0.25, 0.3) is 44.0 Å². The van der Waals surface area contributed by atoms with Crippen LogP contribution in [-0.4, -0.2) is 4.98 Å². The molecule has 0 saturated heterocycles. The molecule has 0 aliphatic rings. The van der Waals surface area contributed by atoms with E-state index in [1.165, 1.54) is 11.8 Å². The first kappa shape index (κ1) is 18.8. The van der Waals surface area contributed by atoms with E-state index in [2.05, 4.69) is 50.9 Å². The van der Waals surface area contributed by atoms with Gasteiger partial charge in [-0.15, -0.1) is 0 Å². The fourth-order valence-electron chi connectivity index (χ4n) is 4.34. The van der Waals surface area contributed by atoms with Crippen LogP contribution in [0.15, 0.2) is 65.2 Å². The predicted molar refractivity (Wildman–Crippen MR) is 123 cm³/mol. The molecule has 0 spiro atoms. The Morgan fingerprint density at radius 3 is 2.37 bits per heavy atom. The summed E-state index contributed by atoms with van der Waals surface area (Å²) in [6, 6.07) is 18.4. The van der Waals surface area contributed by atoms with Crippen LogP contribution in [0.4, 0.5) is 4.39 Å². The van der Waals surface area contributed by atoms with E-state index in [4.69, 9.17) is 4.42 Å². The molecule has 3 aromatic carbocycles. The summed E-state index contributed by atoms with van der Waals surface area (Å²) in [5.74, 6) is 0.283. The van der Waals surface area contributed by atoms with Crippen LogP contribution in [0.1, 0.15) is 50.7 Å². The van der Waals surface area contributed by atoms with E-state index in [0.717, 1.165) is 44.1 Å². The Morgan fingerprint density at radius 2 is 1.60 bits per heavy atom. The van der Waals surface area contributed by atoms with Crippen molar-refractivity contribution < 1.29 is 8.81 Å². The number of para-hydroxylation sites is 1. The zero-order valence-electron chi connectivity index (χ0n) is 17.7. The van der Waals surface area contributed by atoms with Crippen molar-refractivity contribution in [3.05, 3.63) is 77.7 Å². The SMILES string of the molecule is CC(C)c1cc(-c2ncc(F)c3c(C(C)C)cccc23)c2oc3ccccc3c2c1. The molecule has 0 aliphatic carbocycles. The number of fused-ring (bicyclic) bond motifs is 4. The van der Waals surface area contributed by atoms with Gasteiger partial charge in [0.2, 0.25) is 0 Å². The molecule has 0 fully saturated rings. The summed E-state index contributed by atoms with van der Waals surface area (Å²) >= 11 is 0. The summed E-state index contributed by atoms with van der Waals surface area (Å²) in [7, 11) is 0. The number of halogens is 1. The second kappa shape index (κ2) is 6.94. The molecule has 0 aliphatic heterocycles. The molecule has 0 amide bonds. The summed E-state index contributed by atoms with van der Waals surface area (Å²) in [6.07, 6.45) is 1.35. The molecule has 0 atom stereocenters. The van der Waals surface area contributed by atoms with Crippen molar-refractivity contribution in [1.82, 2.24) is 4.98 Å². The molecule has 0 bridgehead atoms. The molecule has 0 saturated carbocycles. The van der Waals surface area contributed by atoms with Gasteiger partial charge in [0.15, 0.2) is 0 Å². The first-order chi connectivity index (χ1) is 14.5. The van der Waals surface area contributed by atoms with Crippen molar-refractivity contribution in [2.75, 3.05) is 0 Å². The number of nitrogens with zero attached hydrogens (tertiary/aromatic N) is 1. The lowest BCUT2D eigenvalue weighted by Crippen LogP contribution is -1.97. The van der Waals surface area contributed by atoms with Crippen molar-refractivity contribution in [1.29, 1.82) is 0 Å². The molecular formula is C27H24FNO. The van der Waals surface area contributed by atoms with Gasteiger partial charge in [0.1, 0.15) is 17.0 Å². The Hall–Kier alpha value is -3.20. The largest absolute Gasteiger partial charge is 0.455 e. The smallest absolute Gasteiger partial charge is 0.149 e. The first-order valence-corrected chi connectivity index (χ1v) is 10.5. The van der Waals surface area contributed by atoms with Crippen molar-refractivity contribution in [3.63, 3.8) is 0 Å². The molecule has 2 nitrogen and oxygen atoms in total. The van der Waals surface area contributed by atoms with E-state index >= 15 is 0 Å². The molecule has 2 heterocycles. The summed E-state index contributed by atoms with van der Waals surface area (Å²) in [5, 5.41) is 3.64. The molecule has 3 heteroatoms. The van der Waals surface area contributed by atoms with Crippen LogP contribution in [-0.2, 0) is 0 Å². The third-order valence-electron chi connectivity index (χ3n) is 5.94. The van der Waals surface area contributed by atoms with E-state index < -0.39 is 0 Å². The highest BCUT2D eigenvalue weighted by Crippen LogP contribution is 2.41. The number of furan rings is 1. The molecule has 150 valence electrons. The van der Waals surface area contributed by atoms with Gasteiger partial charge in [-0.05, 0) is 41.2 Å². The van der Waals surface area contributed by atoms with Gasteiger partial charge in [0.05, 0.1) is 11.9 Å². The number of aromatic nitrogens is 1. The first-order valence-electron chi connectivity index (χ1n) is 10.5. The zero-order valence-corrected chi connectivity index (χ0v) is 17.7. The van der Waals surface area contributed by atoms with Crippen LogP contribution in [0, 0.1) is 5.82 Å². The lowest BCUT2D eigenvalue weighted by atomic mass is 9.91. The minimum Gasteiger partial charge on any atom is -0.455 e. The van der Waals surface area contributed by atoms with Crippen LogP contribution in [0.5, 0.6) is 0 Å². The molecule has 0 radical (unpaired) electrons. The van der Waals surface area contributed by atoms with Gasteiger partial charge in [-0.3, -0.25) is 4.98 Å². The van der Waals surface area contributed by atoms with E-state index in [-0.39, 0.29) is 11.7 Å². The van der Waals surface area contributed by atoms with E-state index in [0.29, 0.717) is 11.3 Å². The number of pyridine rings is 1.